The third-order valence-corrected chi connectivity index (χ3v) is 4.64. The first-order chi connectivity index (χ1) is 15.5. The predicted octanol–water partition coefficient (Wildman–Crippen LogP) is 4.35. The Morgan fingerprint density at radius 1 is 0.906 bits per heavy atom. The summed E-state index contributed by atoms with van der Waals surface area (Å²) in [6.07, 6.45) is 5.36. The zero-order chi connectivity index (χ0) is 22.9. The van der Waals surface area contributed by atoms with Crippen molar-refractivity contribution in [2.45, 2.75) is 0 Å². The molecule has 0 radical (unpaired) electrons. The molecule has 0 aliphatic heterocycles. The lowest BCUT2D eigenvalue weighted by molar-refractivity contribution is 0.0954. The highest BCUT2D eigenvalue weighted by atomic mass is 16.5. The van der Waals surface area contributed by atoms with Crippen LogP contribution >= 0.6 is 0 Å². The minimum atomic E-state index is -0.444. The number of rotatable bonds is 8. The Kier molecular flexibility index (Phi) is 7.48. The number of nitrogens with zero attached hydrogens (tertiary/aromatic N) is 1. The average molecular weight is 432 g/mol. The van der Waals surface area contributed by atoms with E-state index < -0.39 is 5.91 Å². The fourth-order valence-electron chi connectivity index (χ4n) is 2.95. The first-order valence-corrected chi connectivity index (χ1v) is 9.74. The van der Waals surface area contributed by atoms with Gasteiger partial charge < -0.3 is 19.3 Å². The second-order valence-corrected chi connectivity index (χ2v) is 6.69. The molecule has 164 valence electrons. The molecule has 0 saturated heterocycles. The Morgan fingerprint density at radius 3 is 2.31 bits per heavy atom. The van der Waals surface area contributed by atoms with Gasteiger partial charge in [0.25, 0.3) is 5.91 Å². The molecule has 32 heavy (non-hydrogen) atoms. The highest BCUT2D eigenvalue weighted by molar-refractivity contribution is 5.96. The Balaban J connectivity index is 1.88. The van der Waals surface area contributed by atoms with Crippen LogP contribution in [-0.4, -0.2) is 38.6 Å². The molecule has 3 aromatic carbocycles. The maximum atomic E-state index is 12.3. The molecule has 0 aromatic heterocycles. The molecule has 3 rings (SSSR count). The lowest BCUT2D eigenvalue weighted by Crippen LogP contribution is -2.17. The number of carbonyl (C=O) groups excluding carboxylic acids is 1. The summed E-state index contributed by atoms with van der Waals surface area (Å²) < 4.78 is 16.1. The summed E-state index contributed by atoms with van der Waals surface area (Å²) in [6.45, 7) is 0. The summed E-state index contributed by atoms with van der Waals surface area (Å²) in [5.41, 5.74) is 5.18. The lowest BCUT2D eigenvalue weighted by Gasteiger charge is -2.11. The van der Waals surface area contributed by atoms with Gasteiger partial charge in [-0.15, -0.1) is 0 Å². The van der Waals surface area contributed by atoms with E-state index in [1.807, 2.05) is 42.5 Å². The minimum absolute atomic E-state index is 0.00408. The van der Waals surface area contributed by atoms with Crippen molar-refractivity contribution in [1.29, 1.82) is 0 Å². The van der Waals surface area contributed by atoms with Crippen LogP contribution in [0.1, 0.15) is 27.0 Å². The van der Waals surface area contributed by atoms with Gasteiger partial charge in [0, 0.05) is 17.2 Å². The van der Waals surface area contributed by atoms with Crippen molar-refractivity contribution in [2.24, 2.45) is 5.10 Å². The highest BCUT2D eigenvalue weighted by Crippen LogP contribution is 2.29. The smallest absolute Gasteiger partial charge is 0.271 e. The van der Waals surface area contributed by atoms with Gasteiger partial charge in [-0.25, -0.2) is 5.43 Å². The zero-order valence-electron chi connectivity index (χ0n) is 18.0. The monoisotopic (exact) mass is 432 g/mol. The number of amides is 1. The molecular formula is C25H24N2O5. The Bertz CT molecular complexity index is 1140. The molecule has 7 nitrogen and oxygen atoms in total. The van der Waals surface area contributed by atoms with Gasteiger partial charge in [-0.3, -0.25) is 4.79 Å². The van der Waals surface area contributed by atoms with Crippen LogP contribution in [-0.2, 0) is 0 Å². The zero-order valence-corrected chi connectivity index (χ0v) is 18.0. The molecule has 0 unspecified atom stereocenters. The standard InChI is InChI=1S/C25H24N2O5/c1-30-21-11-8-17(9-12-21)7-10-18-14-22(31-2)15-24(32-3)23(18)16-26-27-25(29)19-5-4-6-20(28)13-19/h4-16,28H,1-3H3,(H,27,29)/b10-7+,26-16+. The van der Waals surface area contributed by atoms with Crippen molar-refractivity contribution in [3.63, 3.8) is 0 Å². The van der Waals surface area contributed by atoms with Crippen LogP contribution in [0.5, 0.6) is 23.0 Å². The third kappa shape index (κ3) is 5.66. The van der Waals surface area contributed by atoms with Gasteiger partial charge in [0.15, 0.2) is 0 Å². The number of aromatic hydroxyl groups is 1. The van der Waals surface area contributed by atoms with Gasteiger partial charge in [-0.05, 0) is 47.5 Å². The van der Waals surface area contributed by atoms with Crippen LogP contribution in [0.2, 0.25) is 0 Å². The van der Waals surface area contributed by atoms with E-state index in [0.717, 1.165) is 16.9 Å². The second-order valence-electron chi connectivity index (χ2n) is 6.69. The SMILES string of the molecule is COc1ccc(/C=C/c2cc(OC)cc(OC)c2/C=N/NC(=O)c2cccc(O)c2)cc1. The summed E-state index contributed by atoms with van der Waals surface area (Å²) in [5.74, 6) is 1.50. The number of ether oxygens (including phenoxy) is 3. The Labute approximate surface area is 186 Å². The summed E-state index contributed by atoms with van der Waals surface area (Å²) in [7, 11) is 4.75. The van der Waals surface area contributed by atoms with E-state index in [0.29, 0.717) is 22.6 Å². The van der Waals surface area contributed by atoms with Crippen molar-refractivity contribution >= 4 is 24.3 Å². The highest BCUT2D eigenvalue weighted by Gasteiger charge is 2.10. The number of carbonyl (C=O) groups is 1. The maximum Gasteiger partial charge on any atom is 0.271 e. The lowest BCUT2D eigenvalue weighted by atomic mass is 10.0. The van der Waals surface area contributed by atoms with Crippen LogP contribution in [0.25, 0.3) is 12.2 Å². The first kappa shape index (κ1) is 22.4. The molecule has 0 heterocycles. The van der Waals surface area contributed by atoms with Gasteiger partial charge in [0.05, 0.1) is 27.5 Å². The van der Waals surface area contributed by atoms with Crippen molar-refractivity contribution in [1.82, 2.24) is 5.43 Å². The molecule has 3 aromatic rings. The van der Waals surface area contributed by atoms with E-state index >= 15 is 0 Å². The number of nitrogens with one attached hydrogen (secondary N) is 1. The molecule has 0 saturated carbocycles. The minimum Gasteiger partial charge on any atom is -0.508 e. The van der Waals surface area contributed by atoms with Crippen LogP contribution in [0.4, 0.5) is 0 Å². The van der Waals surface area contributed by atoms with Gasteiger partial charge in [0.2, 0.25) is 0 Å². The number of benzene rings is 3. The molecule has 0 bridgehead atoms. The van der Waals surface area contributed by atoms with Crippen LogP contribution in [0, 0.1) is 0 Å². The van der Waals surface area contributed by atoms with E-state index in [2.05, 4.69) is 10.5 Å². The molecule has 0 aliphatic rings. The number of methoxy groups -OCH3 is 3. The van der Waals surface area contributed by atoms with E-state index in [-0.39, 0.29) is 5.75 Å². The number of hydrazone groups is 1. The number of phenolic OH excluding ortho intramolecular Hbond substituents is 1. The molecule has 0 spiro atoms. The molecule has 2 N–H and O–H groups in total. The largest absolute Gasteiger partial charge is 0.508 e. The molecule has 0 atom stereocenters. The molecular weight excluding hydrogens is 408 g/mol. The van der Waals surface area contributed by atoms with Gasteiger partial charge in [-0.2, -0.15) is 5.10 Å². The number of hydrogen-bond acceptors (Lipinski definition) is 6. The number of hydrogen-bond donors (Lipinski definition) is 2. The van der Waals surface area contributed by atoms with Gasteiger partial charge in [-0.1, -0.05) is 30.4 Å². The fourth-order valence-corrected chi connectivity index (χ4v) is 2.95. The fraction of sp³-hybridized carbons (Fsp3) is 0.120. The molecule has 7 heteroatoms. The first-order valence-electron chi connectivity index (χ1n) is 9.74. The Hall–Kier alpha value is -4.26. The molecule has 0 aliphatic carbocycles. The maximum absolute atomic E-state index is 12.3. The third-order valence-electron chi connectivity index (χ3n) is 4.64. The van der Waals surface area contributed by atoms with E-state index in [1.54, 1.807) is 39.5 Å². The quantitative estimate of drug-likeness (QED) is 0.314. The number of phenols is 1. The summed E-state index contributed by atoms with van der Waals surface area (Å²) >= 11 is 0. The topological polar surface area (TPSA) is 89.4 Å². The van der Waals surface area contributed by atoms with E-state index in [1.165, 1.54) is 18.3 Å². The van der Waals surface area contributed by atoms with Crippen molar-refractivity contribution in [2.75, 3.05) is 21.3 Å². The van der Waals surface area contributed by atoms with Gasteiger partial charge in [0.1, 0.15) is 23.0 Å². The van der Waals surface area contributed by atoms with E-state index in [9.17, 15) is 9.90 Å². The summed E-state index contributed by atoms with van der Waals surface area (Å²) in [4.78, 5) is 12.3. The van der Waals surface area contributed by atoms with Crippen molar-refractivity contribution < 1.29 is 24.1 Å². The Morgan fingerprint density at radius 2 is 1.66 bits per heavy atom. The van der Waals surface area contributed by atoms with Crippen LogP contribution in [0.3, 0.4) is 0 Å². The normalized spacial score (nSPS) is 11.0. The van der Waals surface area contributed by atoms with E-state index in [4.69, 9.17) is 14.2 Å². The van der Waals surface area contributed by atoms with Crippen LogP contribution < -0.4 is 19.6 Å². The summed E-state index contributed by atoms with van der Waals surface area (Å²) in [6, 6.07) is 17.3. The average Bonchev–Trinajstić information content (AvgIpc) is 2.83. The van der Waals surface area contributed by atoms with Crippen LogP contribution in [0.15, 0.2) is 65.8 Å². The summed E-state index contributed by atoms with van der Waals surface area (Å²) in [5, 5.41) is 13.6. The predicted molar refractivity (Wildman–Crippen MR) is 125 cm³/mol. The van der Waals surface area contributed by atoms with Crippen molar-refractivity contribution in [3.05, 3.63) is 82.9 Å². The molecule has 1 amide bonds. The second kappa shape index (κ2) is 10.7. The molecule has 0 fully saturated rings. The van der Waals surface area contributed by atoms with Gasteiger partial charge >= 0.3 is 0 Å². The van der Waals surface area contributed by atoms with Crippen molar-refractivity contribution in [3.8, 4) is 23.0 Å².